The molecule has 0 aliphatic carbocycles. The van der Waals surface area contributed by atoms with E-state index < -0.39 is 0 Å². The summed E-state index contributed by atoms with van der Waals surface area (Å²) < 4.78 is 0. The van der Waals surface area contributed by atoms with Gasteiger partial charge in [0.25, 0.3) is 0 Å². The van der Waals surface area contributed by atoms with E-state index in [1.54, 1.807) is 11.1 Å². The second-order valence-electron chi connectivity index (χ2n) is 6.07. The third kappa shape index (κ3) is 4.12. The Labute approximate surface area is 147 Å². The summed E-state index contributed by atoms with van der Waals surface area (Å²) in [4.78, 5) is 26.1. The van der Waals surface area contributed by atoms with Gasteiger partial charge < -0.3 is 4.90 Å². The van der Waals surface area contributed by atoms with E-state index in [1.807, 2.05) is 54.6 Å². The number of carbonyl (C=O) groups is 2. The zero-order chi connectivity index (χ0) is 17.6. The van der Waals surface area contributed by atoms with Crippen LogP contribution in [0.1, 0.15) is 24.5 Å². The molecular formula is C20H21N3O2. The number of nitrogens with one attached hydrogen (secondary N) is 1. The van der Waals surface area contributed by atoms with Crippen molar-refractivity contribution in [2.45, 2.75) is 19.8 Å². The number of rotatable bonds is 5. The molecule has 0 bridgehead atoms. The SMILES string of the molecule is CCc1ccc(/C=N\NC(=O)[C@H]2CC(=O)N(c3ccccc3)C2)cc1. The van der Waals surface area contributed by atoms with Crippen molar-refractivity contribution in [3.8, 4) is 0 Å². The Bertz CT molecular complexity index is 769. The Balaban J connectivity index is 1.56. The van der Waals surface area contributed by atoms with Gasteiger partial charge in [-0.1, -0.05) is 49.4 Å². The third-order valence-corrected chi connectivity index (χ3v) is 4.34. The summed E-state index contributed by atoms with van der Waals surface area (Å²) in [5.41, 5.74) is 5.55. The minimum Gasteiger partial charge on any atom is -0.312 e. The maximum absolute atomic E-state index is 12.3. The highest BCUT2D eigenvalue weighted by atomic mass is 16.2. The fourth-order valence-electron chi connectivity index (χ4n) is 2.84. The summed E-state index contributed by atoms with van der Waals surface area (Å²) in [5, 5.41) is 4.01. The van der Waals surface area contributed by atoms with Crippen molar-refractivity contribution in [1.82, 2.24) is 5.43 Å². The van der Waals surface area contributed by atoms with Gasteiger partial charge >= 0.3 is 0 Å². The molecule has 1 atom stereocenters. The van der Waals surface area contributed by atoms with Gasteiger partial charge in [0.2, 0.25) is 11.8 Å². The van der Waals surface area contributed by atoms with Crippen molar-refractivity contribution in [3.05, 3.63) is 65.7 Å². The Morgan fingerprint density at radius 2 is 1.92 bits per heavy atom. The molecule has 1 aliphatic rings. The molecule has 25 heavy (non-hydrogen) atoms. The van der Waals surface area contributed by atoms with Crippen molar-refractivity contribution >= 4 is 23.7 Å². The number of aryl methyl sites for hydroxylation is 1. The van der Waals surface area contributed by atoms with Crippen LogP contribution in [0.5, 0.6) is 0 Å². The van der Waals surface area contributed by atoms with Gasteiger partial charge in [-0.2, -0.15) is 5.10 Å². The smallest absolute Gasteiger partial charge is 0.245 e. The van der Waals surface area contributed by atoms with Crippen LogP contribution in [0.15, 0.2) is 59.7 Å². The summed E-state index contributed by atoms with van der Waals surface area (Å²) in [6.07, 6.45) is 2.81. The number of hydrogen-bond acceptors (Lipinski definition) is 3. The summed E-state index contributed by atoms with van der Waals surface area (Å²) in [6, 6.07) is 17.4. The van der Waals surface area contributed by atoms with E-state index in [-0.39, 0.29) is 24.2 Å². The zero-order valence-electron chi connectivity index (χ0n) is 14.2. The van der Waals surface area contributed by atoms with Gasteiger partial charge in [0.15, 0.2) is 0 Å². The molecule has 2 amide bonds. The van der Waals surface area contributed by atoms with Crippen molar-refractivity contribution in [3.63, 3.8) is 0 Å². The van der Waals surface area contributed by atoms with Crippen LogP contribution in [-0.2, 0) is 16.0 Å². The lowest BCUT2D eigenvalue weighted by Crippen LogP contribution is -2.30. The predicted molar refractivity (Wildman–Crippen MR) is 98.5 cm³/mol. The highest BCUT2D eigenvalue weighted by Crippen LogP contribution is 2.24. The molecule has 1 heterocycles. The molecule has 0 spiro atoms. The number of carbonyl (C=O) groups excluding carboxylic acids is 2. The van der Waals surface area contributed by atoms with Gasteiger partial charge in [0, 0.05) is 18.7 Å². The maximum atomic E-state index is 12.3. The van der Waals surface area contributed by atoms with Gasteiger partial charge in [-0.3, -0.25) is 9.59 Å². The fourth-order valence-corrected chi connectivity index (χ4v) is 2.84. The number of benzene rings is 2. The number of nitrogens with zero attached hydrogens (tertiary/aromatic N) is 2. The normalized spacial score (nSPS) is 17.2. The Morgan fingerprint density at radius 3 is 2.60 bits per heavy atom. The van der Waals surface area contributed by atoms with Crippen molar-refractivity contribution in [2.75, 3.05) is 11.4 Å². The molecule has 0 unspecified atom stereocenters. The zero-order valence-corrected chi connectivity index (χ0v) is 14.2. The molecule has 5 nitrogen and oxygen atoms in total. The van der Waals surface area contributed by atoms with Crippen LogP contribution >= 0.6 is 0 Å². The quantitative estimate of drug-likeness (QED) is 0.674. The summed E-state index contributed by atoms with van der Waals surface area (Å²) in [6.45, 7) is 2.49. The molecule has 128 valence electrons. The standard InChI is InChI=1S/C20H21N3O2/c1-2-15-8-10-16(11-9-15)13-21-22-20(25)17-12-19(24)23(14-17)18-6-4-3-5-7-18/h3-11,13,17H,2,12,14H2,1H3,(H,22,25)/b21-13-/t17-/m0/s1. The second-order valence-corrected chi connectivity index (χ2v) is 6.07. The van der Waals surface area contributed by atoms with Crippen molar-refractivity contribution in [1.29, 1.82) is 0 Å². The average molecular weight is 335 g/mol. The lowest BCUT2D eigenvalue weighted by Gasteiger charge is -2.16. The molecular weight excluding hydrogens is 314 g/mol. The number of anilines is 1. The van der Waals surface area contributed by atoms with E-state index in [9.17, 15) is 9.59 Å². The first-order valence-corrected chi connectivity index (χ1v) is 8.44. The largest absolute Gasteiger partial charge is 0.312 e. The average Bonchev–Trinajstić information content (AvgIpc) is 3.05. The van der Waals surface area contributed by atoms with Gasteiger partial charge in [0.1, 0.15) is 0 Å². The highest BCUT2D eigenvalue weighted by molar-refractivity contribution is 6.00. The highest BCUT2D eigenvalue weighted by Gasteiger charge is 2.34. The van der Waals surface area contributed by atoms with Gasteiger partial charge in [-0.25, -0.2) is 5.43 Å². The lowest BCUT2D eigenvalue weighted by atomic mass is 10.1. The molecule has 1 N–H and O–H groups in total. The predicted octanol–water partition coefficient (Wildman–Crippen LogP) is 2.75. The molecule has 3 rings (SSSR count). The molecule has 0 saturated carbocycles. The molecule has 0 aromatic heterocycles. The maximum Gasteiger partial charge on any atom is 0.245 e. The lowest BCUT2D eigenvalue weighted by molar-refractivity contribution is -0.126. The van der Waals surface area contributed by atoms with Gasteiger partial charge in [0.05, 0.1) is 12.1 Å². The minimum absolute atomic E-state index is 0.0366. The van der Waals surface area contributed by atoms with E-state index in [1.165, 1.54) is 5.56 Å². The van der Waals surface area contributed by atoms with Crippen molar-refractivity contribution < 1.29 is 9.59 Å². The molecule has 2 aromatic carbocycles. The Morgan fingerprint density at radius 1 is 1.20 bits per heavy atom. The van der Waals surface area contributed by atoms with E-state index in [0.29, 0.717) is 6.54 Å². The first-order valence-electron chi connectivity index (χ1n) is 8.44. The minimum atomic E-state index is -0.382. The van der Waals surface area contributed by atoms with Crippen LogP contribution in [0, 0.1) is 5.92 Å². The third-order valence-electron chi connectivity index (χ3n) is 4.34. The molecule has 1 saturated heterocycles. The van der Waals surface area contributed by atoms with E-state index in [4.69, 9.17) is 0 Å². The van der Waals surface area contributed by atoms with Crippen LogP contribution in [0.25, 0.3) is 0 Å². The summed E-state index contributed by atoms with van der Waals surface area (Å²) in [5.74, 6) is -0.647. The van der Waals surface area contributed by atoms with Crippen LogP contribution in [-0.4, -0.2) is 24.6 Å². The van der Waals surface area contributed by atoms with Crippen LogP contribution in [0.2, 0.25) is 0 Å². The molecule has 5 heteroatoms. The first kappa shape index (κ1) is 16.9. The number of hydrogen-bond donors (Lipinski definition) is 1. The van der Waals surface area contributed by atoms with Crippen molar-refractivity contribution in [2.24, 2.45) is 11.0 Å². The Hall–Kier alpha value is -2.95. The second kappa shape index (κ2) is 7.75. The number of amides is 2. The Kier molecular flexibility index (Phi) is 5.23. The van der Waals surface area contributed by atoms with E-state index in [0.717, 1.165) is 17.7 Å². The topological polar surface area (TPSA) is 61.8 Å². The summed E-state index contributed by atoms with van der Waals surface area (Å²) >= 11 is 0. The summed E-state index contributed by atoms with van der Waals surface area (Å²) in [7, 11) is 0. The molecule has 1 aliphatic heterocycles. The fraction of sp³-hybridized carbons (Fsp3) is 0.250. The molecule has 2 aromatic rings. The molecule has 1 fully saturated rings. The van der Waals surface area contributed by atoms with E-state index in [2.05, 4.69) is 17.5 Å². The van der Waals surface area contributed by atoms with Gasteiger partial charge in [-0.05, 0) is 29.7 Å². The van der Waals surface area contributed by atoms with Crippen LogP contribution in [0.4, 0.5) is 5.69 Å². The molecule has 0 radical (unpaired) electrons. The monoisotopic (exact) mass is 335 g/mol. The van der Waals surface area contributed by atoms with Crippen LogP contribution < -0.4 is 10.3 Å². The van der Waals surface area contributed by atoms with Crippen LogP contribution in [0.3, 0.4) is 0 Å². The van der Waals surface area contributed by atoms with E-state index >= 15 is 0 Å². The van der Waals surface area contributed by atoms with Gasteiger partial charge in [-0.15, -0.1) is 0 Å². The number of para-hydroxylation sites is 1. The number of hydrazone groups is 1. The first-order chi connectivity index (χ1) is 12.2.